The van der Waals surface area contributed by atoms with Crippen molar-refractivity contribution in [2.75, 3.05) is 5.32 Å². The standard InChI is InChI=1S/C20H14N2O7/c23-17-8-5-12(11-15(17)20(25)26)21-19(24)10-7-13-6-9-18(29-13)14-3-1-2-4-16(14)22(27)28/h1-11,23H,(H,21,24)(H,25,26)/b10-7+. The van der Waals surface area contributed by atoms with Crippen LogP contribution < -0.4 is 5.32 Å². The lowest BCUT2D eigenvalue weighted by Crippen LogP contribution is -2.08. The summed E-state index contributed by atoms with van der Waals surface area (Å²) >= 11 is 0. The monoisotopic (exact) mass is 394 g/mol. The number of carboxylic acid groups (broad SMARTS) is 1. The topological polar surface area (TPSA) is 143 Å². The molecule has 0 saturated carbocycles. The molecule has 3 aromatic rings. The lowest BCUT2D eigenvalue weighted by Gasteiger charge is -2.05. The summed E-state index contributed by atoms with van der Waals surface area (Å²) in [6, 6.07) is 12.9. The predicted octanol–water partition coefficient (Wildman–Crippen LogP) is 3.91. The molecule has 0 spiro atoms. The number of aromatic hydroxyl groups is 1. The summed E-state index contributed by atoms with van der Waals surface area (Å²) < 4.78 is 5.55. The molecular formula is C20H14N2O7. The fourth-order valence-electron chi connectivity index (χ4n) is 2.56. The van der Waals surface area contributed by atoms with Crippen molar-refractivity contribution in [1.82, 2.24) is 0 Å². The number of anilines is 1. The van der Waals surface area contributed by atoms with Crippen LogP contribution in [0.5, 0.6) is 5.75 Å². The first-order valence-corrected chi connectivity index (χ1v) is 8.24. The van der Waals surface area contributed by atoms with Crippen molar-refractivity contribution < 1.29 is 29.1 Å². The summed E-state index contributed by atoms with van der Waals surface area (Å²) in [6.45, 7) is 0. The molecule has 9 nitrogen and oxygen atoms in total. The van der Waals surface area contributed by atoms with Crippen LogP contribution in [0.4, 0.5) is 11.4 Å². The van der Waals surface area contributed by atoms with Crippen LogP contribution in [0.3, 0.4) is 0 Å². The molecule has 3 N–H and O–H groups in total. The average Bonchev–Trinajstić information content (AvgIpc) is 3.16. The number of hydrogen-bond donors (Lipinski definition) is 3. The second kappa shape index (κ2) is 8.09. The van der Waals surface area contributed by atoms with Crippen molar-refractivity contribution >= 4 is 29.3 Å². The van der Waals surface area contributed by atoms with Crippen LogP contribution in [0.2, 0.25) is 0 Å². The maximum atomic E-state index is 12.0. The largest absolute Gasteiger partial charge is 0.507 e. The van der Waals surface area contributed by atoms with Gasteiger partial charge in [0.05, 0.1) is 10.5 Å². The van der Waals surface area contributed by atoms with Gasteiger partial charge in [-0.1, -0.05) is 12.1 Å². The lowest BCUT2D eigenvalue weighted by molar-refractivity contribution is -0.384. The number of nitrogens with one attached hydrogen (secondary N) is 1. The van der Waals surface area contributed by atoms with Crippen LogP contribution in [0.25, 0.3) is 17.4 Å². The van der Waals surface area contributed by atoms with Gasteiger partial charge in [0.25, 0.3) is 5.69 Å². The number of nitrogens with zero attached hydrogens (tertiary/aromatic N) is 1. The zero-order valence-electron chi connectivity index (χ0n) is 14.7. The second-order valence-corrected chi connectivity index (χ2v) is 5.84. The Balaban J connectivity index is 1.73. The first-order valence-electron chi connectivity index (χ1n) is 8.24. The van der Waals surface area contributed by atoms with Gasteiger partial charge in [0.15, 0.2) is 0 Å². The van der Waals surface area contributed by atoms with Crippen molar-refractivity contribution in [3.63, 3.8) is 0 Å². The van der Waals surface area contributed by atoms with E-state index in [4.69, 9.17) is 9.52 Å². The Labute approximate surface area is 163 Å². The molecule has 2 aromatic carbocycles. The molecule has 1 amide bonds. The summed E-state index contributed by atoms with van der Waals surface area (Å²) in [7, 11) is 0. The molecular weight excluding hydrogens is 380 g/mol. The average molecular weight is 394 g/mol. The third-order valence-electron chi connectivity index (χ3n) is 3.89. The molecule has 9 heteroatoms. The van der Waals surface area contributed by atoms with Gasteiger partial charge in [0, 0.05) is 17.8 Å². The molecule has 0 saturated heterocycles. The minimum absolute atomic E-state index is 0.100. The number of hydrogen-bond acceptors (Lipinski definition) is 6. The molecule has 0 fully saturated rings. The van der Waals surface area contributed by atoms with Crippen LogP contribution in [0.15, 0.2) is 65.1 Å². The summed E-state index contributed by atoms with van der Waals surface area (Å²) in [5, 5.41) is 32.1. The number of carbonyl (C=O) groups excluding carboxylic acids is 1. The van der Waals surface area contributed by atoms with Crippen LogP contribution in [-0.4, -0.2) is 27.0 Å². The number of rotatable bonds is 6. The van der Waals surface area contributed by atoms with E-state index in [9.17, 15) is 24.8 Å². The highest BCUT2D eigenvalue weighted by atomic mass is 16.6. The van der Waals surface area contributed by atoms with E-state index >= 15 is 0 Å². The summed E-state index contributed by atoms with van der Waals surface area (Å²) in [6.07, 6.45) is 2.53. The number of amides is 1. The number of carboxylic acids is 1. The van der Waals surface area contributed by atoms with Crippen LogP contribution in [-0.2, 0) is 4.79 Å². The molecule has 0 aliphatic carbocycles. The van der Waals surface area contributed by atoms with Crippen molar-refractivity contribution in [3.8, 4) is 17.1 Å². The van der Waals surface area contributed by atoms with Crippen molar-refractivity contribution in [2.24, 2.45) is 0 Å². The summed E-state index contributed by atoms with van der Waals surface area (Å²) in [5.41, 5.74) is 0.0605. The molecule has 3 rings (SSSR count). The maximum Gasteiger partial charge on any atom is 0.339 e. The molecule has 0 bridgehead atoms. The number of phenols is 1. The fourth-order valence-corrected chi connectivity index (χ4v) is 2.56. The van der Waals surface area contributed by atoms with Gasteiger partial charge in [-0.15, -0.1) is 0 Å². The minimum atomic E-state index is -1.33. The van der Waals surface area contributed by atoms with Crippen molar-refractivity contribution in [3.05, 3.63) is 82.1 Å². The summed E-state index contributed by atoms with van der Waals surface area (Å²) in [5.74, 6) is -1.72. The Hall–Kier alpha value is -4.40. The predicted molar refractivity (Wildman–Crippen MR) is 104 cm³/mol. The molecule has 0 aliphatic rings. The van der Waals surface area contributed by atoms with Gasteiger partial charge < -0.3 is 19.9 Å². The highest BCUT2D eigenvalue weighted by Gasteiger charge is 2.17. The number of aromatic carboxylic acids is 1. The van der Waals surface area contributed by atoms with E-state index in [1.54, 1.807) is 30.3 Å². The number of nitro groups is 1. The third-order valence-corrected chi connectivity index (χ3v) is 3.89. The van der Waals surface area contributed by atoms with Crippen LogP contribution >= 0.6 is 0 Å². The maximum absolute atomic E-state index is 12.0. The highest BCUT2D eigenvalue weighted by molar-refractivity contribution is 6.02. The number of benzene rings is 2. The van der Waals surface area contributed by atoms with Gasteiger partial charge in [-0.2, -0.15) is 0 Å². The fraction of sp³-hybridized carbons (Fsp3) is 0. The zero-order chi connectivity index (χ0) is 21.0. The van der Waals surface area contributed by atoms with E-state index in [2.05, 4.69) is 5.32 Å². The molecule has 29 heavy (non-hydrogen) atoms. The highest BCUT2D eigenvalue weighted by Crippen LogP contribution is 2.31. The SMILES string of the molecule is O=C(/C=C/c1ccc(-c2ccccc2[N+](=O)[O-])o1)Nc1ccc(O)c(C(=O)O)c1. The van der Waals surface area contributed by atoms with Gasteiger partial charge in [0.2, 0.25) is 5.91 Å². The third kappa shape index (κ3) is 4.48. The molecule has 1 heterocycles. The molecule has 0 radical (unpaired) electrons. The van der Waals surface area contributed by atoms with E-state index in [1.807, 2.05) is 0 Å². The number of para-hydroxylation sites is 1. The Morgan fingerprint density at radius 1 is 1.10 bits per heavy atom. The van der Waals surface area contributed by atoms with Crippen LogP contribution in [0, 0.1) is 10.1 Å². The molecule has 0 aliphatic heterocycles. The van der Waals surface area contributed by atoms with E-state index in [-0.39, 0.29) is 22.7 Å². The number of carbonyl (C=O) groups is 2. The van der Waals surface area contributed by atoms with Crippen molar-refractivity contribution in [1.29, 1.82) is 0 Å². The Morgan fingerprint density at radius 3 is 2.59 bits per heavy atom. The molecule has 1 aromatic heterocycles. The van der Waals surface area contributed by atoms with Gasteiger partial charge in [-0.25, -0.2) is 4.79 Å². The Kier molecular flexibility index (Phi) is 5.40. The van der Waals surface area contributed by atoms with Gasteiger partial charge >= 0.3 is 5.97 Å². The van der Waals surface area contributed by atoms with Gasteiger partial charge in [-0.05, 0) is 42.5 Å². The lowest BCUT2D eigenvalue weighted by atomic mass is 10.1. The first-order chi connectivity index (χ1) is 13.8. The first kappa shape index (κ1) is 19.4. The molecule has 0 atom stereocenters. The second-order valence-electron chi connectivity index (χ2n) is 5.84. The summed E-state index contributed by atoms with van der Waals surface area (Å²) in [4.78, 5) is 33.7. The quantitative estimate of drug-likeness (QED) is 0.249. The number of furan rings is 1. The van der Waals surface area contributed by atoms with Crippen molar-refractivity contribution in [2.45, 2.75) is 0 Å². The Bertz CT molecular complexity index is 1130. The van der Waals surface area contributed by atoms with E-state index < -0.39 is 22.5 Å². The van der Waals surface area contributed by atoms with Crippen LogP contribution in [0.1, 0.15) is 16.1 Å². The van der Waals surface area contributed by atoms with E-state index in [0.717, 1.165) is 18.2 Å². The smallest absolute Gasteiger partial charge is 0.339 e. The molecule has 146 valence electrons. The van der Waals surface area contributed by atoms with E-state index in [1.165, 1.54) is 18.2 Å². The van der Waals surface area contributed by atoms with Gasteiger partial charge in [0.1, 0.15) is 22.8 Å². The zero-order valence-corrected chi connectivity index (χ0v) is 14.7. The number of nitro benzene ring substituents is 1. The molecule has 0 unspecified atom stereocenters. The van der Waals surface area contributed by atoms with Gasteiger partial charge in [-0.3, -0.25) is 14.9 Å². The van der Waals surface area contributed by atoms with E-state index in [0.29, 0.717) is 11.3 Å². The normalized spacial score (nSPS) is 10.8. The Morgan fingerprint density at radius 2 is 1.86 bits per heavy atom. The minimum Gasteiger partial charge on any atom is -0.507 e.